The van der Waals surface area contributed by atoms with Crippen LogP contribution < -0.4 is 5.32 Å². The van der Waals surface area contributed by atoms with Crippen molar-refractivity contribution in [3.8, 4) is 5.69 Å². The molecule has 0 spiro atoms. The van der Waals surface area contributed by atoms with E-state index in [1.807, 2.05) is 36.4 Å². The van der Waals surface area contributed by atoms with E-state index < -0.39 is 0 Å². The molecule has 0 aliphatic carbocycles. The van der Waals surface area contributed by atoms with Gasteiger partial charge >= 0.3 is 0 Å². The van der Waals surface area contributed by atoms with E-state index in [9.17, 15) is 0 Å². The van der Waals surface area contributed by atoms with Gasteiger partial charge in [-0.1, -0.05) is 24.3 Å². The van der Waals surface area contributed by atoms with Crippen molar-refractivity contribution in [1.29, 1.82) is 0 Å². The zero-order valence-corrected chi connectivity index (χ0v) is 11.8. The minimum absolute atomic E-state index is 0.683. The zero-order valence-electron chi connectivity index (χ0n) is 11.8. The first kappa shape index (κ1) is 12.6. The number of anilines is 1. The molecule has 2 N–H and O–H groups in total. The molecule has 0 radical (unpaired) electrons. The fraction of sp³-hybridized carbons (Fsp3) is 0.0625. The fourth-order valence-corrected chi connectivity index (χ4v) is 2.37. The van der Waals surface area contributed by atoms with E-state index in [0.29, 0.717) is 6.54 Å². The molecule has 0 saturated heterocycles. The maximum absolute atomic E-state index is 4.51. The Bertz CT molecular complexity index is 861. The first-order chi connectivity index (χ1) is 10.9. The molecule has 0 unspecified atom stereocenters. The third-order valence-electron chi connectivity index (χ3n) is 3.44. The molecule has 0 saturated carbocycles. The maximum atomic E-state index is 4.51. The molecule has 2 aromatic carbocycles. The lowest BCUT2D eigenvalue weighted by molar-refractivity contribution is 0.875. The number of nitrogens with one attached hydrogen (secondary N) is 2. The summed E-state index contributed by atoms with van der Waals surface area (Å²) in [4.78, 5) is 11.7. The second-order valence-electron chi connectivity index (χ2n) is 4.97. The summed E-state index contributed by atoms with van der Waals surface area (Å²) < 4.78 is 1.74. The van der Waals surface area contributed by atoms with Crippen LogP contribution in [0.2, 0.25) is 0 Å². The van der Waals surface area contributed by atoms with E-state index in [1.54, 1.807) is 11.0 Å². The van der Waals surface area contributed by atoms with Crippen LogP contribution in [0.1, 0.15) is 5.56 Å². The monoisotopic (exact) mass is 290 g/mol. The molecule has 2 aromatic heterocycles. The Morgan fingerprint density at radius 1 is 1.09 bits per heavy atom. The van der Waals surface area contributed by atoms with Gasteiger partial charge in [0.2, 0.25) is 5.95 Å². The van der Waals surface area contributed by atoms with Crippen LogP contribution in [0.4, 0.5) is 5.95 Å². The number of imidazole rings is 1. The number of nitrogens with zero attached hydrogens (tertiary/aromatic N) is 4. The van der Waals surface area contributed by atoms with Gasteiger partial charge < -0.3 is 10.3 Å². The van der Waals surface area contributed by atoms with Gasteiger partial charge in [-0.25, -0.2) is 14.6 Å². The second kappa shape index (κ2) is 5.33. The molecule has 0 atom stereocenters. The Hall–Kier alpha value is -3.15. The Morgan fingerprint density at radius 3 is 2.91 bits per heavy atom. The lowest BCUT2D eigenvalue weighted by Gasteiger charge is -2.06. The van der Waals surface area contributed by atoms with E-state index in [-0.39, 0.29) is 0 Å². The summed E-state index contributed by atoms with van der Waals surface area (Å²) in [6.45, 7) is 0.683. The quantitative estimate of drug-likeness (QED) is 0.606. The average Bonchev–Trinajstić information content (AvgIpc) is 3.22. The highest BCUT2D eigenvalue weighted by atomic mass is 15.3. The molecule has 0 amide bonds. The van der Waals surface area contributed by atoms with Crippen molar-refractivity contribution < 1.29 is 0 Å². The van der Waals surface area contributed by atoms with Gasteiger partial charge in [0.25, 0.3) is 0 Å². The van der Waals surface area contributed by atoms with E-state index in [2.05, 4.69) is 37.5 Å². The first-order valence-corrected chi connectivity index (χ1v) is 7.01. The Labute approximate surface area is 126 Å². The summed E-state index contributed by atoms with van der Waals surface area (Å²) in [6, 6.07) is 16.1. The van der Waals surface area contributed by atoms with Gasteiger partial charge in [-0.15, -0.1) is 0 Å². The van der Waals surface area contributed by atoms with E-state index >= 15 is 0 Å². The second-order valence-corrected chi connectivity index (χ2v) is 4.97. The average molecular weight is 290 g/mol. The topological polar surface area (TPSA) is 71.4 Å². The van der Waals surface area contributed by atoms with Crippen LogP contribution in [0.5, 0.6) is 0 Å². The molecule has 0 aliphatic rings. The Morgan fingerprint density at radius 2 is 2.05 bits per heavy atom. The molecule has 108 valence electrons. The molecule has 4 aromatic rings. The molecule has 2 heterocycles. The van der Waals surface area contributed by atoms with Crippen molar-refractivity contribution in [1.82, 2.24) is 24.7 Å². The number of aromatic nitrogens is 5. The van der Waals surface area contributed by atoms with Gasteiger partial charge in [0, 0.05) is 6.54 Å². The minimum Gasteiger partial charge on any atom is -0.352 e. The zero-order chi connectivity index (χ0) is 14.8. The molecule has 6 heteroatoms. The predicted octanol–water partition coefficient (Wildman–Crippen LogP) is 2.76. The summed E-state index contributed by atoms with van der Waals surface area (Å²) in [6.07, 6.45) is 3.21. The molecular formula is C16H14N6. The van der Waals surface area contributed by atoms with Crippen molar-refractivity contribution in [2.75, 3.05) is 5.32 Å². The van der Waals surface area contributed by atoms with Crippen molar-refractivity contribution in [2.45, 2.75) is 6.54 Å². The number of aromatic amines is 1. The number of H-pyrrole nitrogens is 1. The van der Waals surface area contributed by atoms with E-state index in [4.69, 9.17) is 0 Å². The highest BCUT2D eigenvalue weighted by Gasteiger charge is 2.03. The molecule has 0 bridgehead atoms. The summed E-state index contributed by atoms with van der Waals surface area (Å²) in [5, 5.41) is 7.45. The number of para-hydroxylation sites is 2. The summed E-state index contributed by atoms with van der Waals surface area (Å²) in [5.41, 5.74) is 4.12. The summed E-state index contributed by atoms with van der Waals surface area (Å²) in [7, 11) is 0. The lowest BCUT2D eigenvalue weighted by Crippen LogP contribution is -2.02. The van der Waals surface area contributed by atoms with Crippen LogP contribution in [0.25, 0.3) is 16.7 Å². The third kappa shape index (κ3) is 2.42. The van der Waals surface area contributed by atoms with Crippen molar-refractivity contribution in [3.63, 3.8) is 0 Å². The highest BCUT2D eigenvalue weighted by Crippen LogP contribution is 2.15. The molecule has 0 aliphatic heterocycles. The molecule has 6 nitrogen and oxygen atoms in total. The van der Waals surface area contributed by atoms with Crippen LogP contribution in [0, 0.1) is 0 Å². The van der Waals surface area contributed by atoms with Gasteiger partial charge in [-0.3, -0.25) is 0 Å². The Balaban J connectivity index is 1.53. The van der Waals surface area contributed by atoms with Crippen LogP contribution in [-0.2, 0) is 6.54 Å². The molecule has 0 fully saturated rings. The van der Waals surface area contributed by atoms with Gasteiger partial charge in [0.1, 0.15) is 12.7 Å². The standard InChI is InChI=1S/C16H14N6/c1-2-7-15-14(6-1)20-16(21-15)18-9-12-4-3-5-13(8-12)22-11-17-10-19-22/h1-8,10-11H,9H2,(H2,18,20,21). The van der Waals surface area contributed by atoms with Crippen molar-refractivity contribution >= 4 is 17.0 Å². The predicted molar refractivity (Wildman–Crippen MR) is 84.8 cm³/mol. The SMILES string of the molecule is c1cc(CNc2nc3ccccc3[nH]2)cc(-n2cncn2)c1. The Kier molecular flexibility index (Phi) is 3.05. The third-order valence-corrected chi connectivity index (χ3v) is 3.44. The summed E-state index contributed by atoms with van der Waals surface area (Å²) >= 11 is 0. The maximum Gasteiger partial charge on any atom is 0.201 e. The highest BCUT2D eigenvalue weighted by molar-refractivity contribution is 5.77. The number of hydrogen-bond donors (Lipinski definition) is 2. The van der Waals surface area contributed by atoms with Gasteiger partial charge in [0.15, 0.2) is 0 Å². The van der Waals surface area contributed by atoms with Crippen molar-refractivity contribution in [3.05, 3.63) is 66.7 Å². The minimum atomic E-state index is 0.683. The molecule has 4 rings (SSSR count). The molecular weight excluding hydrogens is 276 g/mol. The lowest BCUT2D eigenvalue weighted by atomic mass is 10.2. The number of fused-ring (bicyclic) bond motifs is 1. The number of rotatable bonds is 4. The largest absolute Gasteiger partial charge is 0.352 e. The van der Waals surface area contributed by atoms with Gasteiger partial charge in [0.05, 0.1) is 16.7 Å². The van der Waals surface area contributed by atoms with Gasteiger partial charge in [-0.2, -0.15) is 5.10 Å². The normalized spacial score (nSPS) is 10.9. The molecule has 22 heavy (non-hydrogen) atoms. The van der Waals surface area contributed by atoms with Gasteiger partial charge in [-0.05, 0) is 29.8 Å². The van der Waals surface area contributed by atoms with Crippen LogP contribution in [0.3, 0.4) is 0 Å². The smallest absolute Gasteiger partial charge is 0.201 e. The summed E-state index contributed by atoms with van der Waals surface area (Å²) in [5.74, 6) is 0.771. The van der Waals surface area contributed by atoms with Crippen LogP contribution in [-0.4, -0.2) is 24.7 Å². The van der Waals surface area contributed by atoms with E-state index in [1.165, 1.54) is 6.33 Å². The van der Waals surface area contributed by atoms with Crippen molar-refractivity contribution in [2.24, 2.45) is 0 Å². The fourth-order valence-electron chi connectivity index (χ4n) is 2.37. The first-order valence-electron chi connectivity index (χ1n) is 7.01. The van der Waals surface area contributed by atoms with Crippen LogP contribution >= 0.6 is 0 Å². The number of hydrogen-bond acceptors (Lipinski definition) is 4. The van der Waals surface area contributed by atoms with E-state index in [0.717, 1.165) is 28.2 Å². The number of benzene rings is 2. The van der Waals surface area contributed by atoms with Crippen LogP contribution in [0.15, 0.2) is 61.2 Å².